The third-order valence-corrected chi connectivity index (χ3v) is 4.13. The zero-order valence-corrected chi connectivity index (χ0v) is 15.0. The number of benzene rings is 2. The van der Waals surface area contributed by atoms with Crippen molar-refractivity contribution in [2.75, 3.05) is 6.61 Å². The van der Waals surface area contributed by atoms with E-state index in [1.54, 1.807) is 0 Å². The maximum atomic E-state index is 13.6. The van der Waals surface area contributed by atoms with E-state index < -0.39 is 24.3 Å². The smallest absolute Gasteiger partial charge is 0.341 e. The van der Waals surface area contributed by atoms with Crippen molar-refractivity contribution in [3.8, 4) is 0 Å². The van der Waals surface area contributed by atoms with Gasteiger partial charge in [0.25, 0.3) is 5.91 Å². The summed E-state index contributed by atoms with van der Waals surface area (Å²) in [6.45, 7) is 5.35. The summed E-state index contributed by atoms with van der Waals surface area (Å²) in [6.07, 6.45) is 0. The van der Waals surface area contributed by atoms with E-state index in [2.05, 4.69) is 5.32 Å². The average Bonchev–Trinajstić information content (AvgIpc) is 2.55. The Kier molecular flexibility index (Phi) is 6.15. The summed E-state index contributed by atoms with van der Waals surface area (Å²) in [6, 6.07) is 9.28. The summed E-state index contributed by atoms with van der Waals surface area (Å²) in [7, 11) is 0. The van der Waals surface area contributed by atoms with E-state index in [0.717, 1.165) is 17.2 Å². The van der Waals surface area contributed by atoms with Crippen LogP contribution in [0.1, 0.15) is 40.0 Å². The van der Waals surface area contributed by atoms with Gasteiger partial charge in [0.15, 0.2) is 6.61 Å². The van der Waals surface area contributed by atoms with Gasteiger partial charge in [0.05, 0.1) is 11.6 Å². The first kappa shape index (κ1) is 18.9. The van der Waals surface area contributed by atoms with Gasteiger partial charge in [-0.15, -0.1) is 0 Å². The molecule has 0 spiro atoms. The Morgan fingerprint density at radius 2 is 1.88 bits per heavy atom. The van der Waals surface area contributed by atoms with Gasteiger partial charge < -0.3 is 10.1 Å². The topological polar surface area (TPSA) is 55.4 Å². The molecule has 0 unspecified atom stereocenters. The van der Waals surface area contributed by atoms with Gasteiger partial charge in [-0.05, 0) is 55.7 Å². The van der Waals surface area contributed by atoms with Crippen LogP contribution >= 0.6 is 11.6 Å². The molecular weight excluding hydrogens is 345 g/mol. The Balaban J connectivity index is 1.91. The minimum absolute atomic E-state index is 0.175. The number of ether oxygens (including phenoxy) is 1. The molecule has 2 aromatic rings. The lowest BCUT2D eigenvalue weighted by Crippen LogP contribution is -2.31. The molecule has 1 atom stereocenters. The maximum absolute atomic E-state index is 13.6. The largest absolute Gasteiger partial charge is 0.452 e. The number of amides is 1. The maximum Gasteiger partial charge on any atom is 0.341 e. The first-order valence-electron chi connectivity index (χ1n) is 7.76. The van der Waals surface area contributed by atoms with Crippen molar-refractivity contribution in [2.45, 2.75) is 26.8 Å². The molecule has 0 saturated heterocycles. The zero-order chi connectivity index (χ0) is 18.6. The van der Waals surface area contributed by atoms with Gasteiger partial charge in [-0.1, -0.05) is 29.8 Å². The van der Waals surface area contributed by atoms with Crippen LogP contribution in [0.2, 0.25) is 5.02 Å². The number of carbonyl (C=O) groups excluding carboxylic acids is 2. The van der Waals surface area contributed by atoms with E-state index in [0.29, 0.717) is 0 Å². The number of carbonyl (C=O) groups is 2. The monoisotopic (exact) mass is 363 g/mol. The molecule has 6 heteroatoms. The summed E-state index contributed by atoms with van der Waals surface area (Å²) in [5.74, 6) is -2.17. The number of halogens is 2. The van der Waals surface area contributed by atoms with E-state index in [9.17, 15) is 14.0 Å². The van der Waals surface area contributed by atoms with Gasteiger partial charge in [-0.2, -0.15) is 0 Å². The molecule has 2 aromatic carbocycles. The molecular formula is C19H19ClFNO3. The minimum Gasteiger partial charge on any atom is -0.452 e. The summed E-state index contributed by atoms with van der Waals surface area (Å²) < 4.78 is 18.5. The van der Waals surface area contributed by atoms with Gasteiger partial charge in [0.2, 0.25) is 0 Å². The summed E-state index contributed by atoms with van der Waals surface area (Å²) >= 11 is 5.63. The van der Waals surface area contributed by atoms with Crippen molar-refractivity contribution >= 4 is 23.5 Å². The number of hydrogen-bond donors (Lipinski definition) is 1. The van der Waals surface area contributed by atoms with Gasteiger partial charge in [-0.3, -0.25) is 4.79 Å². The second kappa shape index (κ2) is 8.12. The highest BCUT2D eigenvalue weighted by Gasteiger charge is 2.16. The Labute approximate surface area is 150 Å². The van der Waals surface area contributed by atoms with Crippen molar-refractivity contribution in [1.82, 2.24) is 5.32 Å². The molecule has 132 valence electrons. The predicted molar refractivity (Wildman–Crippen MR) is 94.2 cm³/mol. The van der Waals surface area contributed by atoms with Gasteiger partial charge in [0, 0.05) is 5.02 Å². The summed E-state index contributed by atoms with van der Waals surface area (Å²) in [5, 5.41) is 2.92. The van der Waals surface area contributed by atoms with E-state index in [-0.39, 0.29) is 16.6 Å². The van der Waals surface area contributed by atoms with Crippen LogP contribution in [0, 0.1) is 19.7 Å². The van der Waals surface area contributed by atoms with E-state index >= 15 is 0 Å². The fourth-order valence-corrected chi connectivity index (χ4v) is 2.42. The molecule has 25 heavy (non-hydrogen) atoms. The first-order valence-corrected chi connectivity index (χ1v) is 8.14. The Bertz CT molecular complexity index is 807. The lowest BCUT2D eigenvalue weighted by molar-refractivity contribution is -0.124. The van der Waals surface area contributed by atoms with Crippen molar-refractivity contribution in [1.29, 1.82) is 0 Å². The molecule has 0 fully saturated rings. The molecule has 0 bridgehead atoms. The van der Waals surface area contributed by atoms with Gasteiger partial charge in [0.1, 0.15) is 5.82 Å². The fraction of sp³-hybridized carbons (Fsp3) is 0.263. The van der Waals surface area contributed by atoms with Crippen LogP contribution in [-0.4, -0.2) is 18.5 Å². The molecule has 2 rings (SSSR count). The summed E-state index contributed by atoms with van der Waals surface area (Å²) in [5.41, 5.74) is 2.98. The summed E-state index contributed by atoms with van der Waals surface area (Å²) in [4.78, 5) is 23.8. The fourth-order valence-electron chi connectivity index (χ4n) is 2.26. The van der Waals surface area contributed by atoms with Gasteiger partial charge >= 0.3 is 5.97 Å². The third kappa shape index (κ3) is 5.03. The van der Waals surface area contributed by atoms with Crippen molar-refractivity contribution < 1.29 is 18.7 Å². The highest BCUT2D eigenvalue weighted by Crippen LogP contribution is 2.17. The van der Waals surface area contributed by atoms with Crippen molar-refractivity contribution in [3.05, 3.63) is 69.5 Å². The zero-order valence-electron chi connectivity index (χ0n) is 14.2. The lowest BCUT2D eigenvalue weighted by atomic mass is 10.0. The van der Waals surface area contributed by atoms with Crippen LogP contribution in [0.25, 0.3) is 0 Å². The van der Waals surface area contributed by atoms with Crippen LogP contribution < -0.4 is 5.32 Å². The molecule has 0 aliphatic carbocycles. The number of aryl methyl sites for hydroxylation is 2. The highest BCUT2D eigenvalue weighted by atomic mass is 35.5. The molecule has 0 aromatic heterocycles. The predicted octanol–water partition coefficient (Wildman–Crippen LogP) is 4.13. The van der Waals surface area contributed by atoms with Crippen LogP contribution in [0.5, 0.6) is 0 Å². The van der Waals surface area contributed by atoms with E-state index in [4.69, 9.17) is 16.3 Å². The second-order valence-corrected chi connectivity index (χ2v) is 6.27. The quantitative estimate of drug-likeness (QED) is 0.812. The molecule has 0 saturated carbocycles. The molecule has 0 heterocycles. The number of esters is 1. The minimum atomic E-state index is -0.914. The van der Waals surface area contributed by atoms with Crippen LogP contribution in [-0.2, 0) is 9.53 Å². The first-order chi connectivity index (χ1) is 11.8. The number of nitrogens with one attached hydrogen (secondary N) is 1. The molecule has 0 aliphatic rings. The highest BCUT2D eigenvalue weighted by molar-refractivity contribution is 6.30. The Morgan fingerprint density at radius 1 is 1.16 bits per heavy atom. The van der Waals surface area contributed by atoms with E-state index in [1.165, 1.54) is 17.7 Å². The van der Waals surface area contributed by atoms with Crippen LogP contribution in [0.4, 0.5) is 4.39 Å². The second-order valence-electron chi connectivity index (χ2n) is 5.83. The standard InChI is InChI=1S/C19H19ClFNO3/c1-11-4-5-14(8-12(11)2)13(3)22-18(23)10-25-19(24)16-7-6-15(20)9-17(16)21/h4-9,13H,10H2,1-3H3,(H,22,23)/t13-/m1/s1. The Morgan fingerprint density at radius 3 is 2.52 bits per heavy atom. The average molecular weight is 364 g/mol. The molecule has 1 N–H and O–H groups in total. The third-order valence-electron chi connectivity index (χ3n) is 3.89. The van der Waals surface area contributed by atoms with Gasteiger partial charge in [-0.25, -0.2) is 9.18 Å². The Hall–Kier alpha value is -2.40. The number of rotatable bonds is 5. The molecule has 4 nitrogen and oxygen atoms in total. The molecule has 0 radical (unpaired) electrons. The SMILES string of the molecule is Cc1ccc([C@@H](C)NC(=O)COC(=O)c2ccc(Cl)cc2F)cc1C. The number of hydrogen-bond acceptors (Lipinski definition) is 3. The van der Waals surface area contributed by atoms with Crippen molar-refractivity contribution in [2.24, 2.45) is 0 Å². The lowest BCUT2D eigenvalue weighted by Gasteiger charge is -2.16. The van der Waals surface area contributed by atoms with Crippen LogP contribution in [0.15, 0.2) is 36.4 Å². The van der Waals surface area contributed by atoms with E-state index in [1.807, 2.05) is 39.0 Å². The van der Waals surface area contributed by atoms with Crippen LogP contribution in [0.3, 0.4) is 0 Å². The normalized spacial score (nSPS) is 11.7. The molecule has 0 aliphatic heterocycles. The molecule has 1 amide bonds. The van der Waals surface area contributed by atoms with Crippen molar-refractivity contribution in [3.63, 3.8) is 0 Å².